The number of nitrogens with one attached hydrogen (secondary N) is 1. The van der Waals surface area contributed by atoms with Crippen molar-refractivity contribution in [2.75, 3.05) is 19.6 Å². The molecular weight excluding hydrogens is 418 g/mol. The first kappa shape index (κ1) is 22.9. The van der Waals surface area contributed by atoms with Crippen LogP contribution in [0, 0.1) is 0 Å². The van der Waals surface area contributed by atoms with Crippen LogP contribution >= 0.6 is 0 Å². The first-order valence-corrected chi connectivity index (χ1v) is 11.5. The predicted molar refractivity (Wildman–Crippen MR) is 116 cm³/mol. The molecule has 1 aliphatic rings. The maximum atomic E-state index is 12.9. The standard InChI is InChI=1S/C22H27N3O5S/c1-15-13-25(14-16(2)30-15)31(28,29)20-8-6-18(7-9-20)22(27)24-11-10-17-4-3-5-19(12-17)21(23)26/h3-9,12,15-16H,10-11,13-14H2,1-2H3,(H2,23,26)(H,24,27). The summed E-state index contributed by atoms with van der Waals surface area (Å²) in [7, 11) is -3.65. The fourth-order valence-electron chi connectivity index (χ4n) is 3.56. The quantitative estimate of drug-likeness (QED) is 0.670. The van der Waals surface area contributed by atoms with E-state index in [4.69, 9.17) is 10.5 Å². The third-order valence-corrected chi connectivity index (χ3v) is 6.90. The van der Waals surface area contributed by atoms with E-state index in [9.17, 15) is 18.0 Å². The van der Waals surface area contributed by atoms with E-state index in [1.807, 2.05) is 19.9 Å². The summed E-state index contributed by atoms with van der Waals surface area (Å²) < 4.78 is 32.8. The zero-order chi connectivity index (χ0) is 22.6. The average Bonchev–Trinajstić information content (AvgIpc) is 2.73. The van der Waals surface area contributed by atoms with Crippen LogP contribution < -0.4 is 11.1 Å². The zero-order valence-electron chi connectivity index (χ0n) is 17.6. The van der Waals surface area contributed by atoms with Crippen LogP contribution in [0.2, 0.25) is 0 Å². The van der Waals surface area contributed by atoms with Gasteiger partial charge in [0.15, 0.2) is 0 Å². The number of hydrogen-bond donors (Lipinski definition) is 2. The lowest BCUT2D eigenvalue weighted by Crippen LogP contribution is -2.48. The molecule has 9 heteroatoms. The molecule has 0 aliphatic carbocycles. The van der Waals surface area contributed by atoms with Crippen LogP contribution in [0.3, 0.4) is 0 Å². The molecule has 2 aromatic rings. The summed E-state index contributed by atoms with van der Waals surface area (Å²) in [6.07, 6.45) is 0.187. The van der Waals surface area contributed by atoms with Gasteiger partial charge in [0, 0.05) is 30.8 Å². The van der Waals surface area contributed by atoms with E-state index in [0.29, 0.717) is 37.2 Å². The van der Waals surface area contributed by atoms with Crippen LogP contribution in [0.15, 0.2) is 53.4 Å². The summed E-state index contributed by atoms with van der Waals surface area (Å²) in [5.74, 6) is -0.800. The molecule has 0 aromatic heterocycles. The molecule has 0 spiro atoms. The lowest BCUT2D eigenvalue weighted by Gasteiger charge is -2.34. The number of sulfonamides is 1. The molecular formula is C22H27N3O5S. The molecule has 0 radical (unpaired) electrons. The Balaban J connectivity index is 1.60. The minimum atomic E-state index is -3.65. The Bertz CT molecular complexity index is 1040. The predicted octanol–water partition coefficient (Wildman–Crippen LogP) is 1.56. The minimum absolute atomic E-state index is 0.147. The SMILES string of the molecule is CC1CN(S(=O)(=O)c2ccc(C(=O)NCCc3cccc(C(N)=O)c3)cc2)CC(C)O1. The normalized spacial score (nSPS) is 19.7. The molecule has 0 bridgehead atoms. The number of amides is 2. The van der Waals surface area contributed by atoms with Gasteiger partial charge in [-0.15, -0.1) is 0 Å². The second-order valence-electron chi connectivity index (χ2n) is 7.67. The number of carbonyl (C=O) groups is 2. The van der Waals surface area contributed by atoms with Crippen LogP contribution in [0.5, 0.6) is 0 Å². The number of nitrogens with zero attached hydrogens (tertiary/aromatic N) is 1. The molecule has 1 aliphatic heterocycles. The molecule has 2 aromatic carbocycles. The average molecular weight is 446 g/mol. The summed E-state index contributed by atoms with van der Waals surface area (Å²) in [4.78, 5) is 23.8. The van der Waals surface area contributed by atoms with Gasteiger partial charge in [-0.25, -0.2) is 8.42 Å². The monoisotopic (exact) mass is 445 g/mol. The van der Waals surface area contributed by atoms with Crippen molar-refractivity contribution in [3.8, 4) is 0 Å². The van der Waals surface area contributed by atoms with Gasteiger partial charge in [0.25, 0.3) is 5.91 Å². The topological polar surface area (TPSA) is 119 Å². The molecule has 2 unspecified atom stereocenters. The van der Waals surface area contributed by atoms with E-state index in [1.54, 1.807) is 18.2 Å². The van der Waals surface area contributed by atoms with Crippen molar-refractivity contribution < 1.29 is 22.7 Å². The van der Waals surface area contributed by atoms with Gasteiger partial charge in [0.2, 0.25) is 15.9 Å². The number of rotatable bonds is 7. The van der Waals surface area contributed by atoms with E-state index in [1.165, 1.54) is 28.6 Å². The smallest absolute Gasteiger partial charge is 0.251 e. The molecule has 3 N–H and O–H groups in total. The van der Waals surface area contributed by atoms with E-state index in [-0.39, 0.29) is 23.0 Å². The lowest BCUT2D eigenvalue weighted by molar-refractivity contribution is -0.0440. The Hall–Kier alpha value is -2.75. The highest BCUT2D eigenvalue weighted by Gasteiger charge is 2.32. The molecule has 1 saturated heterocycles. The van der Waals surface area contributed by atoms with E-state index >= 15 is 0 Å². The molecule has 2 amide bonds. The maximum Gasteiger partial charge on any atom is 0.251 e. The molecule has 8 nitrogen and oxygen atoms in total. The van der Waals surface area contributed by atoms with Crippen LogP contribution in [0.25, 0.3) is 0 Å². The number of morpholine rings is 1. The fraction of sp³-hybridized carbons (Fsp3) is 0.364. The number of nitrogens with two attached hydrogens (primary N) is 1. The van der Waals surface area contributed by atoms with Crippen LogP contribution in [0.4, 0.5) is 0 Å². The van der Waals surface area contributed by atoms with Crippen LogP contribution in [-0.4, -0.2) is 56.4 Å². The number of carbonyl (C=O) groups excluding carboxylic acids is 2. The third kappa shape index (κ3) is 5.69. The highest BCUT2D eigenvalue weighted by atomic mass is 32.2. The van der Waals surface area contributed by atoms with E-state index in [2.05, 4.69) is 5.32 Å². The Kier molecular flexibility index (Phi) is 7.09. The van der Waals surface area contributed by atoms with Gasteiger partial charge in [-0.2, -0.15) is 4.31 Å². The Morgan fingerprint density at radius 3 is 2.32 bits per heavy atom. The Morgan fingerprint density at radius 1 is 1.06 bits per heavy atom. The summed E-state index contributed by atoms with van der Waals surface area (Å²) in [6.45, 7) is 4.65. The second kappa shape index (κ2) is 9.59. The minimum Gasteiger partial charge on any atom is -0.373 e. The summed E-state index contributed by atoms with van der Waals surface area (Å²) >= 11 is 0. The summed E-state index contributed by atoms with van der Waals surface area (Å²) in [6, 6.07) is 12.8. The lowest BCUT2D eigenvalue weighted by atomic mass is 10.1. The fourth-order valence-corrected chi connectivity index (χ4v) is 5.15. The largest absolute Gasteiger partial charge is 0.373 e. The second-order valence-corrected chi connectivity index (χ2v) is 9.61. The first-order chi connectivity index (χ1) is 14.7. The van der Waals surface area contributed by atoms with Crippen LogP contribution in [-0.2, 0) is 21.2 Å². The zero-order valence-corrected chi connectivity index (χ0v) is 18.4. The molecule has 1 fully saturated rings. The first-order valence-electron chi connectivity index (χ1n) is 10.1. The van der Waals surface area contributed by atoms with Gasteiger partial charge in [-0.3, -0.25) is 9.59 Å². The van der Waals surface area contributed by atoms with Crippen molar-refractivity contribution in [2.24, 2.45) is 5.73 Å². The van der Waals surface area contributed by atoms with Crippen molar-refractivity contribution in [3.05, 3.63) is 65.2 Å². The van der Waals surface area contributed by atoms with Crippen LogP contribution in [0.1, 0.15) is 40.1 Å². The van der Waals surface area contributed by atoms with Crippen molar-refractivity contribution in [1.29, 1.82) is 0 Å². The number of primary amides is 1. The van der Waals surface area contributed by atoms with Gasteiger partial charge in [-0.05, 0) is 62.2 Å². The van der Waals surface area contributed by atoms with Crippen molar-refractivity contribution >= 4 is 21.8 Å². The summed E-state index contributed by atoms with van der Waals surface area (Å²) in [5, 5.41) is 2.80. The van der Waals surface area contributed by atoms with Crippen molar-refractivity contribution in [3.63, 3.8) is 0 Å². The van der Waals surface area contributed by atoms with E-state index in [0.717, 1.165) is 5.56 Å². The molecule has 3 rings (SSSR count). The van der Waals surface area contributed by atoms with E-state index < -0.39 is 15.9 Å². The number of ether oxygens (including phenoxy) is 1. The van der Waals surface area contributed by atoms with Crippen molar-refractivity contribution in [2.45, 2.75) is 37.4 Å². The maximum absolute atomic E-state index is 12.9. The molecule has 0 saturated carbocycles. The molecule has 1 heterocycles. The van der Waals surface area contributed by atoms with Gasteiger partial charge in [-0.1, -0.05) is 12.1 Å². The van der Waals surface area contributed by atoms with Crippen molar-refractivity contribution in [1.82, 2.24) is 9.62 Å². The van der Waals surface area contributed by atoms with Gasteiger partial charge < -0.3 is 15.8 Å². The van der Waals surface area contributed by atoms with Gasteiger partial charge in [0.05, 0.1) is 17.1 Å². The molecule has 2 atom stereocenters. The van der Waals surface area contributed by atoms with Gasteiger partial charge in [0.1, 0.15) is 0 Å². The third-order valence-electron chi connectivity index (χ3n) is 5.05. The Labute approximate surface area is 182 Å². The molecule has 166 valence electrons. The Morgan fingerprint density at radius 2 is 1.71 bits per heavy atom. The number of benzene rings is 2. The number of hydrogen-bond acceptors (Lipinski definition) is 5. The highest BCUT2D eigenvalue weighted by molar-refractivity contribution is 7.89. The highest BCUT2D eigenvalue weighted by Crippen LogP contribution is 2.21. The van der Waals surface area contributed by atoms with Gasteiger partial charge >= 0.3 is 0 Å². The molecule has 31 heavy (non-hydrogen) atoms. The summed E-state index contributed by atoms with van der Waals surface area (Å²) in [5.41, 5.74) is 6.95.